The summed E-state index contributed by atoms with van der Waals surface area (Å²) in [6.45, 7) is 5.62. The number of carbonyl (C=O) groups excluding carboxylic acids is 2. The molecule has 0 saturated heterocycles. The summed E-state index contributed by atoms with van der Waals surface area (Å²) >= 11 is 0. The Balaban J connectivity index is 1.76. The van der Waals surface area contributed by atoms with E-state index in [0.717, 1.165) is 5.56 Å². The van der Waals surface area contributed by atoms with E-state index in [1.54, 1.807) is 22.8 Å². The van der Waals surface area contributed by atoms with Crippen LogP contribution in [0.2, 0.25) is 0 Å². The molecule has 0 bridgehead atoms. The Hall–Kier alpha value is -4.28. The van der Waals surface area contributed by atoms with Crippen LogP contribution in [0, 0.1) is 5.95 Å². The van der Waals surface area contributed by atoms with Gasteiger partial charge in [0.1, 0.15) is 6.26 Å². The highest BCUT2D eigenvalue weighted by molar-refractivity contribution is 6.02. The number of nitrogens with two attached hydrogens (primary N) is 2. The second-order valence-electron chi connectivity index (χ2n) is 8.22. The number of primary amides is 2. The SMILES string of the molecule is C[C@@H](Nc1c(C(N)=O)cnn2cc(-c3ccc(F)nc3)cc12)C(C)(C)c1nc(C(N)=O)co1. The van der Waals surface area contributed by atoms with E-state index in [-0.39, 0.29) is 17.3 Å². The standard InChI is InChI=1S/C22H22FN7O3/c1-11(22(2,3)21-29-15(10-33-21)20(25)32)28-18-14(19(24)31)8-27-30-9-13(6-16(18)30)12-4-5-17(23)26-7-12/h4-11,28H,1-3H3,(H2,24,31)(H2,25,32)/t11-/m1/s1. The molecule has 0 aromatic carbocycles. The summed E-state index contributed by atoms with van der Waals surface area (Å²) in [5.74, 6) is -1.63. The van der Waals surface area contributed by atoms with Crippen molar-refractivity contribution in [2.45, 2.75) is 32.2 Å². The van der Waals surface area contributed by atoms with E-state index in [1.807, 2.05) is 20.8 Å². The highest BCUT2D eigenvalue weighted by Crippen LogP contribution is 2.33. The van der Waals surface area contributed by atoms with Crippen molar-refractivity contribution in [3.05, 3.63) is 66.1 Å². The van der Waals surface area contributed by atoms with Crippen LogP contribution in [0.3, 0.4) is 0 Å². The fraction of sp³-hybridized carbons (Fsp3) is 0.227. The third kappa shape index (κ3) is 4.00. The number of nitrogens with zero attached hydrogens (tertiary/aromatic N) is 4. The molecule has 4 aromatic rings. The largest absolute Gasteiger partial charge is 0.447 e. The van der Waals surface area contributed by atoms with Crippen LogP contribution in [-0.4, -0.2) is 37.4 Å². The lowest BCUT2D eigenvalue weighted by Gasteiger charge is -2.30. The minimum atomic E-state index is -0.709. The molecule has 11 heteroatoms. The number of oxazole rings is 1. The smallest absolute Gasteiger partial charge is 0.270 e. The van der Waals surface area contributed by atoms with Gasteiger partial charge in [0, 0.05) is 29.6 Å². The van der Waals surface area contributed by atoms with Gasteiger partial charge in [0.2, 0.25) is 11.8 Å². The molecule has 0 spiro atoms. The summed E-state index contributed by atoms with van der Waals surface area (Å²) in [7, 11) is 0. The van der Waals surface area contributed by atoms with Crippen molar-refractivity contribution >= 4 is 23.0 Å². The van der Waals surface area contributed by atoms with Crippen molar-refractivity contribution in [3.63, 3.8) is 0 Å². The van der Waals surface area contributed by atoms with Crippen molar-refractivity contribution < 1.29 is 18.4 Å². The highest BCUT2D eigenvalue weighted by Gasteiger charge is 2.34. The fourth-order valence-electron chi connectivity index (χ4n) is 3.36. The van der Waals surface area contributed by atoms with Crippen molar-refractivity contribution in [1.29, 1.82) is 0 Å². The van der Waals surface area contributed by atoms with Gasteiger partial charge in [0.05, 0.1) is 28.4 Å². The summed E-state index contributed by atoms with van der Waals surface area (Å²) < 4.78 is 20.3. The van der Waals surface area contributed by atoms with Gasteiger partial charge in [-0.15, -0.1) is 0 Å². The number of amides is 2. The second kappa shape index (κ2) is 8.01. The maximum absolute atomic E-state index is 13.2. The number of hydrogen-bond acceptors (Lipinski definition) is 7. The van der Waals surface area contributed by atoms with E-state index in [2.05, 4.69) is 20.4 Å². The maximum atomic E-state index is 13.2. The van der Waals surface area contributed by atoms with Crippen LogP contribution in [-0.2, 0) is 5.41 Å². The first kappa shape index (κ1) is 21.9. The molecule has 170 valence electrons. The molecule has 0 saturated carbocycles. The molecule has 0 radical (unpaired) electrons. The Kier molecular flexibility index (Phi) is 5.32. The molecule has 2 amide bonds. The third-order valence-electron chi connectivity index (χ3n) is 5.71. The van der Waals surface area contributed by atoms with Crippen molar-refractivity contribution in [1.82, 2.24) is 19.6 Å². The van der Waals surface area contributed by atoms with Crippen LogP contribution in [0.15, 0.2) is 47.5 Å². The van der Waals surface area contributed by atoms with Crippen LogP contribution in [0.1, 0.15) is 47.5 Å². The first-order valence-corrected chi connectivity index (χ1v) is 10.0. The second-order valence-corrected chi connectivity index (χ2v) is 8.22. The average molecular weight is 451 g/mol. The van der Waals surface area contributed by atoms with E-state index in [1.165, 1.54) is 24.7 Å². The number of carbonyl (C=O) groups is 2. The Labute approximate surface area is 187 Å². The van der Waals surface area contributed by atoms with Crippen molar-refractivity contribution in [3.8, 4) is 11.1 Å². The highest BCUT2D eigenvalue weighted by atomic mass is 19.1. The Bertz CT molecular complexity index is 1360. The zero-order chi connectivity index (χ0) is 23.9. The van der Waals surface area contributed by atoms with E-state index in [0.29, 0.717) is 22.7 Å². The van der Waals surface area contributed by atoms with Gasteiger partial charge in [-0.1, -0.05) is 0 Å². The van der Waals surface area contributed by atoms with Crippen molar-refractivity contribution in [2.24, 2.45) is 11.5 Å². The van der Waals surface area contributed by atoms with Gasteiger partial charge in [-0.25, -0.2) is 14.5 Å². The number of pyridine rings is 1. The van der Waals surface area contributed by atoms with Crippen molar-refractivity contribution in [2.75, 3.05) is 5.32 Å². The number of rotatable bonds is 7. The molecule has 33 heavy (non-hydrogen) atoms. The number of halogens is 1. The summed E-state index contributed by atoms with van der Waals surface area (Å²) in [6.07, 6.45) is 5.74. The number of fused-ring (bicyclic) bond motifs is 1. The van der Waals surface area contributed by atoms with E-state index < -0.39 is 23.2 Å². The molecule has 5 N–H and O–H groups in total. The van der Waals surface area contributed by atoms with E-state index >= 15 is 0 Å². The number of hydrogen-bond donors (Lipinski definition) is 3. The van der Waals surface area contributed by atoms with Crippen LogP contribution in [0.4, 0.5) is 10.1 Å². The van der Waals surface area contributed by atoms with Crippen LogP contribution < -0.4 is 16.8 Å². The number of aromatic nitrogens is 4. The van der Waals surface area contributed by atoms with Crippen LogP contribution >= 0.6 is 0 Å². The molecule has 0 aliphatic heterocycles. The molecule has 0 aliphatic carbocycles. The van der Waals surface area contributed by atoms with E-state index in [4.69, 9.17) is 15.9 Å². The maximum Gasteiger partial charge on any atom is 0.270 e. The quantitative estimate of drug-likeness (QED) is 0.365. The van der Waals surface area contributed by atoms with Gasteiger partial charge in [-0.05, 0) is 39.0 Å². The van der Waals surface area contributed by atoms with Gasteiger partial charge >= 0.3 is 0 Å². The van der Waals surface area contributed by atoms with Crippen LogP contribution in [0.5, 0.6) is 0 Å². The molecule has 10 nitrogen and oxygen atoms in total. The Morgan fingerprint density at radius 1 is 1.18 bits per heavy atom. The van der Waals surface area contributed by atoms with Gasteiger partial charge in [0.15, 0.2) is 5.69 Å². The van der Waals surface area contributed by atoms with Gasteiger partial charge in [-0.3, -0.25) is 9.59 Å². The normalized spacial score (nSPS) is 12.6. The molecule has 4 aromatic heterocycles. The van der Waals surface area contributed by atoms with Gasteiger partial charge in [0.25, 0.3) is 11.8 Å². The minimum Gasteiger partial charge on any atom is -0.447 e. The number of anilines is 1. The first-order valence-electron chi connectivity index (χ1n) is 10.0. The topological polar surface area (TPSA) is 154 Å². The molecule has 0 unspecified atom stereocenters. The third-order valence-corrected chi connectivity index (χ3v) is 5.71. The zero-order valence-corrected chi connectivity index (χ0v) is 18.2. The van der Waals surface area contributed by atoms with E-state index in [9.17, 15) is 14.0 Å². The van der Waals surface area contributed by atoms with Gasteiger partial charge in [-0.2, -0.15) is 9.49 Å². The van der Waals surface area contributed by atoms with Gasteiger partial charge < -0.3 is 21.2 Å². The average Bonchev–Trinajstić information content (AvgIpc) is 3.42. The molecule has 4 rings (SSSR count). The molecule has 1 atom stereocenters. The molecule has 0 aliphatic rings. The number of nitrogens with one attached hydrogen (secondary N) is 1. The van der Waals surface area contributed by atoms with Crippen LogP contribution in [0.25, 0.3) is 16.6 Å². The minimum absolute atomic E-state index is 0.0264. The lowest BCUT2D eigenvalue weighted by atomic mass is 9.85. The summed E-state index contributed by atoms with van der Waals surface area (Å²) in [6, 6.07) is 4.32. The molecule has 0 fully saturated rings. The molecule has 4 heterocycles. The summed E-state index contributed by atoms with van der Waals surface area (Å²) in [5, 5.41) is 7.61. The molecular weight excluding hydrogens is 429 g/mol. The monoisotopic (exact) mass is 451 g/mol. The Morgan fingerprint density at radius 3 is 2.55 bits per heavy atom. The predicted octanol–water partition coefficient (Wildman–Crippen LogP) is 2.50. The first-order chi connectivity index (χ1) is 15.6. The Morgan fingerprint density at radius 2 is 1.94 bits per heavy atom. The lowest BCUT2D eigenvalue weighted by molar-refractivity contribution is 0.0989. The lowest BCUT2D eigenvalue weighted by Crippen LogP contribution is -2.38. The predicted molar refractivity (Wildman–Crippen MR) is 118 cm³/mol. The zero-order valence-electron chi connectivity index (χ0n) is 18.2. The molecular formula is C22H22FN7O3. The summed E-state index contributed by atoms with van der Waals surface area (Å²) in [5.41, 5.74) is 12.8. The summed E-state index contributed by atoms with van der Waals surface area (Å²) in [4.78, 5) is 31.4. The fourth-order valence-corrected chi connectivity index (χ4v) is 3.36.